The maximum atomic E-state index is 13.3. The number of aryl methyl sites for hydroxylation is 1. The largest absolute Gasteiger partial charge is 0.483 e. The van der Waals surface area contributed by atoms with Crippen molar-refractivity contribution in [2.45, 2.75) is 65.6 Å². The fourth-order valence-corrected chi connectivity index (χ4v) is 3.74. The lowest BCUT2D eigenvalue weighted by atomic mass is 9.94. The molecule has 1 aromatic carbocycles. The summed E-state index contributed by atoms with van der Waals surface area (Å²) in [6, 6.07) is 6.28. The minimum Gasteiger partial charge on any atom is -0.483 e. The molecule has 0 aliphatic heterocycles. The number of benzene rings is 1. The standard InChI is InChI=1S/C27H37N5O4/c1-18(2)12-21(26(34)31(6)15-19-13-29-32(7)16-19)30-25(33)20-10-8-9-11-22(20)35-17-24-28-14-23(36-24)27(3,4)5/h8-11,13-14,16,18,21H,12,15,17H2,1-7H3,(H,30,33)/t21-/m1/s1. The molecule has 2 heterocycles. The van der Waals surface area contributed by atoms with E-state index in [1.807, 2.05) is 47.9 Å². The Hall–Kier alpha value is -3.62. The minimum atomic E-state index is -0.673. The van der Waals surface area contributed by atoms with Crippen LogP contribution in [0.3, 0.4) is 0 Å². The molecule has 0 saturated heterocycles. The molecule has 0 saturated carbocycles. The van der Waals surface area contributed by atoms with Crippen molar-refractivity contribution in [3.63, 3.8) is 0 Å². The van der Waals surface area contributed by atoms with Crippen LogP contribution in [0, 0.1) is 5.92 Å². The highest BCUT2D eigenvalue weighted by Gasteiger charge is 2.27. The van der Waals surface area contributed by atoms with Crippen molar-refractivity contribution < 1.29 is 18.7 Å². The molecule has 1 atom stereocenters. The van der Waals surface area contributed by atoms with E-state index in [1.165, 1.54) is 0 Å². The first kappa shape index (κ1) is 27.0. The molecule has 2 amide bonds. The Labute approximate surface area is 212 Å². The van der Waals surface area contributed by atoms with Crippen LogP contribution >= 0.6 is 0 Å². The molecule has 0 bridgehead atoms. The molecule has 194 valence electrons. The molecule has 2 aromatic heterocycles. The van der Waals surface area contributed by atoms with E-state index < -0.39 is 6.04 Å². The molecule has 9 nitrogen and oxygen atoms in total. The molecule has 1 N–H and O–H groups in total. The lowest BCUT2D eigenvalue weighted by Crippen LogP contribution is -2.47. The van der Waals surface area contributed by atoms with Crippen molar-refractivity contribution in [3.8, 4) is 5.75 Å². The van der Waals surface area contributed by atoms with Crippen LogP contribution in [0.1, 0.15) is 68.6 Å². The molecule has 36 heavy (non-hydrogen) atoms. The third kappa shape index (κ3) is 7.19. The van der Waals surface area contributed by atoms with Crippen LogP contribution in [-0.4, -0.2) is 44.6 Å². The zero-order chi connectivity index (χ0) is 26.5. The summed E-state index contributed by atoms with van der Waals surface area (Å²) in [5, 5.41) is 7.09. The molecule has 9 heteroatoms. The van der Waals surface area contributed by atoms with Crippen LogP contribution in [0.5, 0.6) is 5.75 Å². The Kier molecular flexibility index (Phi) is 8.55. The smallest absolute Gasteiger partial charge is 0.255 e. The van der Waals surface area contributed by atoms with Crippen LogP contribution in [0.4, 0.5) is 0 Å². The number of para-hydroxylation sites is 1. The highest BCUT2D eigenvalue weighted by molar-refractivity contribution is 5.99. The monoisotopic (exact) mass is 495 g/mol. The fourth-order valence-electron chi connectivity index (χ4n) is 3.74. The third-order valence-corrected chi connectivity index (χ3v) is 5.64. The molecule has 0 radical (unpaired) electrons. The SMILES string of the molecule is CC(C)C[C@@H](NC(=O)c1ccccc1OCc1ncc(C(C)(C)C)o1)C(=O)N(C)Cc1cnn(C)c1. The first-order valence-corrected chi connectivity index (χ1v) is 12.1. The second kappa shape index (κ2) is 11.4. The van der Waals surface area contributed by atoms with Gasteiger partial charge in [0.2, 0.25) is 11.8 Å². The van der Waals surface area contributed by atoms with E-state index in [9.17, 15) is 9.59 Å². The Morgan fingerprint density at radius 2 is 1.92 bits per heavy atom. The Balaban J connectivity index is 1.71. The number of nitrogens with zero attached hydrogens (tertiary/aromatic N) is 4. The number of hydrogen-bond acceptors (Lipinski definition) is 6. The summed E-state index contributed by atoms with van der Waals surface area (Å²) >= 11 is 0. The normalized spacial score (nSPS) is 12.4. The van der Waals surface area contributed by atoms with Crippen molar-refractivity contribution in [2.24, 2.45) is 13.0 Å². The number of carbonyl (C=O) groups excluding carboxylic acids is 2. The van der Waals surface area contributed by atoms with Crippen LogP contribution in [-0.2, 0) is 30.4 Å². The number of amides is 2. The van der Waals surface area contributed by atoms with Gasteiger partial charge in [-0.1, -0.05) is 46.8 Å². The predicted octanol–water partition coefficient (Wildman–Crippen LogP) is 4.09. The van der Waals surface area contributed by atoms with E-state index in [4.69, 9.17) is 9.15 Å². The molecular weight excluding hydrogens is 458 g/mol. The number of aromatic nitrogens is 3. The van der Waals surface area contributed by atoms with Gasteiger partial charge in [0.25, 0.3) is 5.91 Å². The minimum absolute atomic E-state index is 0.0859. The highest BCUT2D eigenvalue weighted by atomic mass is 16.5. The van der Waals surface area contributed by atoms with Gasteiger partial charge < -0.3 is 19.4 Å². The van der Waals surface area contributed by atoms with Crippen molar-refractivity contribution in [2.75, 3.05) is 7.05 Å². The van der Waals surface area contributed by atoms with Gasteiger partial charge in [-0.3, -0.25) is 14.3 Å². The Morgan fingerprint density at radius 3 is 2.53 bits per heavy atom. The number of oxazole rings is 1. The van der Waals surface area contributed by atoms with E-state index >= 15 is 0 Å². The van der Waals surface area contributed by atoms with Gasteiger partial charge in [0.05, 0.1) is 18.0 Å². The van der Waals surface area contributed by atoms with Gasteiger partial charge in [0.1, 0.15) is 17.6 Å². The summed E-state index contributed by atoms with van der Waals surface area (Å²) in [5.74, 6) is 1.26. The van der Waals surface area contributed by atoms with Gasteiger partial charge in [-0.25, -0.2) is 4.98 Å². The van der Waals surface area contributed by atoms with E-state index in [2.05, 4.69) is 15.4 Å². The average molecular weight is 496 g/mol. The second-order valence-electron chi connectivity index (χ2n) is 10.5. The number of hydrogen-bond donors (Lipinski definition) is 1. The molecule has 0 aliphatic carbocycles. The predicted molar refractivity (Wildman–Crippen MR) is 136 cm³/mol. The summed E-state index contributed by atoms with van der Waals surface area (Å²) in [7, 11) is 3.56. The molecule has 3 rings (SSSR count). The molecule has 0 aliphatic rings. The summed E-state index contributed by atoms with van der Waals surface area (Å²) in [6.45, 7) is 10.7. The number of ether oxygens (including phenoxy) is 1. The molecule has 0 fully saturated rings. The van der Waals surface area contributed by atoms with E-state index in [1.54, 1.807) is 53.3 Å². The lowest BCUT2D eigenvalue weighted by molar-refractivity contribution is -0.132. The van der Waals surface area contributed by atoms with E-state index in [-0.39, 0.29) is 29.8 Å². The zero-order valence-corrected chi connectivity index (χ0v) is 22.2. The zero-order valence-electron chi connectivity index (χ0n) is 22.2. The maximum Gasteiger partial charge on any atom is 0.255 e. The molecule has 0 spiro atoms. The number of rotatable bonds is 10. The Morgan fingerprint density at radius 1 is 1.19 bits per heavy atom. The van der Waals surface area contributed by atoms with Gasteiger partial charge in [-0.2, -0.15) is 5.10 Å². The van der Waals surface area contributed by atoms with Crippen molar-refractivity contribution >= 4 is 11.8 Å². The summed E-state index contributed by atoms with van der Waals surface area (Å²) < 4.78 is 13.4. The summed E-state index contributed by atoms with van der Waals surface area (Å²) in [5.41, 5.74) is 1.10. The Bertz CT molecular complexity index is 1170. The van der Waals surface area contributed by atoms with Crippen LogP contribution < -0.4 is 10.1 Å². The topological polar surface area (TPSA) is 102 Å². The first-order valence-electron chi connectivity index (χ1n) is 12.1. The van der Waals surface area contributed by atoms with Crippen molar-refractivity contribution in [1.29, 1.82) is 0 Å². The van der Waals surface area contributed by atoms with Crippen molar-refractivity contribution in [3.05, 3.63) is 65.6 Å². The van der Waals surface area contributed by atoms with Crippen LogP contribution in [0.25, 0.3) is 0 Å². The molecular formula is C27H37N5O4. The highest BCUT2D eigenvalue weighted by Crippen LogP contribution is 2.24. The summed E-state index contributed by atoms with van der Waals surface area (Å²) in [6.07, 6.45) is 5.80. The number of nitrogens with one attached hydrogen (secondary N) is 1. The molecule has 3 aromatic rings. The fraction of sp³-hybridized carbons (Fsp3) is 0.481. The van der Waals surface area contributed by atoms with Gasteiger partial charge in [-0.15, -0.1) is 0 Å². The second-order valence-corrected chi connectivity index (χ2v) is 10.5. The number of likely N-dealkylation sites (N-methyl/N-ethyl adjacent to an activating group) is 1. The van der Waals surface area contributed by atoms with E-state index in [0.717, 1.165) is 11.3 Å². The van der Waals surface area contributed by atoms with Crippen LogP contribution in [0.15, 0.2) is 47.3 Å². The third-order valence-electron chi connectivity index (χ3n) is 5.64. The van der Waals surface area contributed by atoms with Crippen molar-refractivity contribution in [1.82, 2.24) is 25.0 Å². The summed E-state index contributed by atoms with van der Waals surface area (Å²) in [4.78, 5) is 32.4. The van der Waals surface area contributed by atoms with Gasteiger partial charge in [-0.05, 0) is 24.5 Å². The van der Waals surface area contributed by atoms with Crippen LogP contribution in [0.2, 0.25) is 0 Å². The molecule has 0 unspecified atom stereocenters. The maximum absolute atomic E-state index is 13.3. The lowest BCUT2D eigenvalue weighted by Gasteiger charge is -2.26. The van der Waals surface area contributed by atoms with Gasteiger partial charge in [0, 0.05) is 37.8 Å². The van der Waals surface area contributed by atoms with E-state index in [0.29, 0.717) is 30.2 Å². The van der Waals surface area contributed by atoms with Gasteiger partial charge >= 0.3 is 0 Å². The quantitative estimate of drug-likeness (QED) is 0.455. The number of carbonyl (C=O) groups is 2. The van der Waals surface area contributed by atoms with Gasteiger partial charge in [0.15, 0.2) is 6.61 Å². The average Bonchev–Trinajstić information content (AvgIpc) is 3.45. The first-order chi connectivity index (χ1) is 16.9.